The van der Waals surface area contributed by atoms with Crippen LogP contribution in [0.5, 0.6) is 5.75 Å². The molecule has 2 rings (SSSR count). The number of rotatable bonds is 12. The fourth-order valence-electron chi connectivity index (χ4n) is 2.86. The molecule has 1 heterocycles. The summed E-state index contributed by atoms with van der Waals surface area (Å²) in [6.07, 6.45) is 5.89. The third kappa shape index (κ3) is 9.99. The molecule has 3 N–H and O–H groups in total. The zero-order valence-electron chi connectivity index (χ0n) is 17.0. The number of carbonyl (C=O) groups is 1. The molecule has 2 aromatic rings. The Bertz CT molecular complexity index is 725. The Morgan fingerprint density at radius 1 is 1.28 bits per heavy atom. The van der Waals surface area contributed by atoms with Crippen molar-refractivity contribution in [3.05, 3.63) is 48.0 Å². The van der Waals surface area contributed by atoms with Gasteiger partial charge in [0.05, 0.1) is 19.0 Å². The molecule has 0 aliphatic rings. The normalized spacial score (nSPS) is 11.4. The zero-order chi connectivity index (χ0) is 19.6. The first-order valence-electron chi connectivity index (χ1n) is 9.30. The molecule has 9 heteroatoms. The number of nitrogens with zero attached hydrogens (tertiary/aromatic N) is 3. The summed E-state index contributed by atoms with van der Waals surface area (Å²) in [6, 6.07) is 8.06. The van der Waals surface area contributed by atoms with Crippen molar-refractivity contribution in [1.82, 2.24) is 14.5 Å². The van der Waals surface area contributed by atoms with Crippen molar-refractivity contribution in [1.29, 1.82) is 0 Å². The number of benzene rings is 1. The highest BCUT2D eigenvalue weighted by molar-refractivity contribution is 5.90. The van der Waals surface area contributed by atoms with E-state index in [4.69, 9.17) is 10.5 Å². The molecule has 0 aliphatic heterocycles. The fourth-order valence-corrected chi connectivity index (χ4v) is 2.86. The van der Waals surface area contributed by atoms with Crippen molar-refractivity contribution >= 4 is 30.7 Å². The molecule has 164 valence electrons. The van der Waals surface area contributed by atoms with Crippen molar-refractivity contribution in [2.24, 2.45) is 5.73 Å². The summed E-state index contributed by atoms with van der Waals surface area (Å²) in [7, 11) is 4.11. The molecule has 1 aromatic heterocycles. The van der Waals surface area contributed by atoms with E-state index < -0.39 is 12.0 Å². The molecule has 0 fully saturated rings. The summed E-state index contributed by atoms with van der Waals surface area (Å²) in [6.45, 7) is 2.09. The molecule has 7 nitrogen and oxygen atoms in total. The Labute approximate surface area is 185 Å². The lowest BCUT2D eigenvalue weighted by atomic mass is 10.0. The van der Waals surface area contributed by atoms with Gasteiger partial charge in [-0.1, -0.05) is 18.2 Å². The molecule has 0 saturated heterocycles. The average molecular weight is 447 g/mol. The van der Waals surface area contributed by atoms with Gasteiger partial charge in [-0.15, -0.1) is 24.8 Å². The van der Waals surface area contributed by atoms with Gasteiger partial charge < -0.3 is 25.0 Å². The van der Waals surface area contributed by atoms with E-state index in [0.717, 1.165) is 37.1 Å². The standard InChI is InChI=1S/C20H30N4O3.2ClH/c1-23(2)11-6-12-27-19-10-4-3-7-16(19)8-5-9-17(25)13-24-14-18(20(21)26)22-15-24;;/h3-4,7,10,14-15,17,25H,5-6,8-9,11-13H2,1-2H3,(H2,21,26);2*1H/t17-;;/m0../s1. The average Bonchev–Trinajstić information content (AvgIpc) is 3.08. The third-order valence-electron chi connectivity index (χ3n) is 4.27. The maximum absolute atomic E-state index is 11.1. The summed E-state index contributed by atoms with van der Waals surface area (Å²) in [5.74, 6) is 0.358. The van der Waals surface area contributed by atoms with Gasteiger partial charge in [0, 0.05) is 19.3 Å². The maximum atomic E-state index is 11.1. The highest BCUT2D eigenvalue weighted by Gasteiger charge is 2.10. The van der Waals surface area contributed by atoms with E-state index in [1.807, 2.05) is 18.2 Å². The largest absolute Gasteiger partial charge is 0.493 e. The molecule has 0 bridgehead atoms. The predicted octanol–water partition coefficient (Wildman–Crippen LogP) is 2.54. The van der Waals surface area contributed by atoms with E-state index in [9.17, 15) is 9.90 Å². The molecule has 1 atom stereocenters. The van der Waals surface area contributed by atoms with Gasteiger partial charge in [-0.25, -0.2) is 4.98 Å². The van der Waals surface area contributed by atoms with Crippen LogP contribution < -0.4 is 10.5 Å². The van der Waals surface area contributed by atoms with E-state index in [2.05, 4.69) is 30.0 Å². The van der Waals surface area contributed by atoms with Crippen LogP contribution in [0.15, 0.2) is 36.8 Å². The van der Waals surface area contributed by atoms with Crippen LogP contribution in [0, 0.1) is 0 Å². The molecule has 0 spiro atoms. The first-order valence-corrected chi connectivity index (χ1v) is 9.30. The van der Waals surface area contributed by atoms with Crippen LogP contribution in [0.25, 0.3) is 0 Å². The van der Waals surface area contributed by atoms with Gasteiger partial charge in [0.1, 0.15) is 11.4 Å². The molecule has 1 amide bonds. The predicted molar refractivity (Wildman–Crippen MR) is 119 cm³/mol. The van der Waals surface area contributed by atoms with E-state index in [-0.39, 0.29) is 30.5 Å². The second-order valence-corrected chi connectivity index (χ2v) is 6.98. The van der Waals surface area contributed by atoms with Crippen LogP contribution in [0.4, 0.5) is 0 Å². The first-order chi connectivity index (χ1) is 13.0. The third-order valence-corrected chi connectivity index (χ3v) is 4.27. The Morgan fingerprint density at radius 3 is 2.66 bits per heavy atom. The van der Waals surface area contributed by atoms with Gasteiger partial charge in [0.2, 0.25) is 0 Å². The van der Waals surface area contributed by atoms with Crippen LogP contribution in [-0.2, 0) is 13.0 Å². The number of amides is 1. The Balaban J connectivity index is 0.00000392. The van der Waals surface area contributed by atoms with Gasteiger partial charge in [0.15, 0.2) is 0 Å². The van der Waals surface area contributed by atoms with E-state index >= 15 is 0 Å². The highest BCUT2D eigenvalue weighted by Crippen LogP contribution is 2.21. The van der Waals surface area contributed by atoms with Crippen LogP contribution in [0.1, 0.15) is 35.3 Å². The molecule has 29 heavy (non-hydrogen) atoms. The minimum absolute atomic E-state index is 0. The lowest BCUT2D eigenvalue weighted by molar-refractivity contribution is 0.0995. The quantitative estimate of drug-likeness (QED) is 0.488. The van der Waals surface area contributed by atoms with Crippen LogP contribution in [0.2, 0.25) is 0 Å². The Morgan fingerprint density at radius 2 is 2.00 bits per heavy atom. The fraction of sp³-hybridized carbons (Fsp3) is 0.500. The number of aliphatic hydroxyl groups is 1. The topological polar surface area (TPSA) is 93.6 Å². The SMILES string of the molecule is CN(C)CCCOc1ccccc1CCC[C@H](O)Cn1cnc(C(N)=O)c1.Cl.Cl. The van der Waals surface area contributed by atoms with Crippen molar-refractivity contribution in [2.45, 2.75) is 38.3 Å². The minimum Gasteiger partial charge on any atom is -0.493 e. The van der Waals surface area contributed by atoms with Crippen molar-refractivity contribution in [2.75, 3.05) is 27.2 Å². The number of hydrogen-bond donors (Lipinski definition) is 2. The number of para-hydroxylation sites is 1. The van der Waals surface area contributed by atoms with Gasteiger partial charge in [-0.3, -0.25) is 4.79 Å². The van der Waals surface area contributed by atoms with Crippen molar-refractivity contribution in [3.8, 4) is 5.75 Å². The maximum Gasteiger partial charge on any atom is 0.268 e. The van der Waals surface area contributed by atoms with Crippen LogP contribution in [-0.4, -0.2) is 58.8 Å². The molecule has 0 saturated carbocycles. The summed E-state index contributed by atoms with van der Waals surface area (Å²) >= 11 is 0. The van der Waals surface area contributed by atoms with Crippen LogP contribution >= 0.6 is 24.8 Å². The smallest absolute Gasteiger partial charge is 0.268 e. The first kappa shape index (κ1) is 27.2. The molecular formula is C20H32Cl2N4O3. The molecule has 1 aromatic carbocycles. The molecule has 0 aliphatic carbocycles. The number of carbonyl (C=O) groups excluding carboxylic acids is 1. The highest BCUT2D eigenvalue weighted by atomic mass is 35.5. The lowest BCUT2D eigenvalue weighted by Crippen LogP contribution is -2.16. The number of hydrogen-bond acceptors (Lipinski definition) is 5. The molecule has 0 unspecified atom stereocenters. The minimum atomic E-state index is -0.564. The number of halogens is 2. The van der Waals surface area contributed by atoms with Gasteiger partial charge >= 0.3 is 0 Å². The Kier molecular flexibility index (Phi) is 13.3. The molecular weight excluding hydrogens is 415 g/mol. The van der Waals surface area contributed by atoms with E-state index in [0.29, 0.717) is 19.6 Å². The number of aryl methyl sites for hydroxylation is 1. The summed E-state index contributed by atoms with van der Waals surface area (Å²) in [5, 5.41) is 10.2. The number of imidazole rings is 1. The summed E-state index contributed by atoms with van der Waals surface area (Å²) < 4.78 is 7.61. The second kappa shape index (κ2) is 14.2. The number of nitrogens with two attached hydrogens (primary N) is 1. The van der Waals surface area contributed by atoms with Gasteiger partial charge in [0.25, 0.3) is 5.91 Å². The Hall–Kier alpha value is -1.80. The van der Waals surface area contributed by atoms with Crippen LogP contribution in [0.3, 0.4) is 0 Å². The number of aliphatic hydroxyl groups excluding tert-OH is 1. The summed E-state index contributed by atoms with van der Waals surface area (Å²) in [4.78, 5) is 17.1. The summed E-state index contributed by atoms with van der Waals surface area (Å²) in [5.41, 5.74) is 6.55. The number of aromatic nitrogens is 2. The van der Waals surface area contributed by atoms with Crippen molar-refractivity contribution < 1.29 is 14.6 Å². The lowest BCUT2D eigenvalue weighted by Gasteiger charge is -2.14. The molecule has 0 radical (unpaired) electrons. The monoisotopic (exact) mass is 446 g/mol. The second-order valence-electron chi connectivity index (χ2n) is 6.98. The number of ether oxygens (including phenoxy) is 1. The van der Waals surface area contributed by atoms with E-state index in [1.165, 1.54) is 6.33 Å². The van der Waals surface area contributed by atoms with E-state index in [1.54, 1.807) is 10.8 Å². The van der Waals surface area contributed by atoms with Gasteiger partial charge in [-0.2, -0.15) is 0 Å². The zero-order valence-corrected chi connectivity index (χ0v) is 18.6. The van der Waals surface area contributed by atoms with Gasteiger partial charge in [-0.05, 0) is 51.4 Å². The number of primary amides is 1. The van der Waals surface area contributed by atoms with Crippen molar-refractivity contribution in [3.63, 3.8) is 0 Å².